The number of hydrogen-bond acceptors (Lipinski definition) is 2. The molecule has 0 aliphatic rings. The molecule has 2 amide bonds. The Kier molecular flexibility index (Phi) is 4.32. The maximum absolute atomic E-state index is 10.6. The Labute approximate surface area is 93.3 Å². The van der Waals surface area contributed by atoms with E-state index in [0.717, 1.165) is 5.56 Å². The largest absolute Gasteiger partial charge is 0.481 e. The van der Waals surface area contributed by atoms with Gasteiger partial charge in [-0.25, -0.2) is 4.79 Å². The molecule has 16 heavy (non-hydrogen) atoms. The second-order valence-corrected chi connectivity index (χ2v) is 3.44. The summed E-state index contributed by atoms with van der Waals surface area (Å²) in [5.41, 5.74) is 6.59. The lowest BCUT2D eigenvalue weighted by atomic mass is 10.1. The predicted octanol–water partition coefficient (Wildman–Crippen LogP) is 1.58. The molecule has 0 aromatic heterocycles. The summed E-state index contributed by atoms with van der Waals surface area (Å²) in [7, 11) is 0. The first-order valence-corrected chi connectivity index (χ1v) is 4.95. The van der Waals surface area contributed by atoms with Gasteiger partial charge in [0.2, 0.25) is 0 Å². The Morgan fingerprint density at radius 1 is 1.38 bits per heavy atom. The van der Waals surface area contributed by atoms with Gasteiger partial charge >= 0.3 is 12.0 Å². The Morgan fingerprint density at radius 3 is 2.75 bits per heavy atom. The van der Waals surface area contributed by atoms with Gasteiger partial charge in [-0.3, -0.25) is 4.79 Å². The third kappa shape index (κ3) is 4.45. The molecule has 0 atom stereocenters. The van der Waals surface area contributed by atoms with Crippen molar-refractivity contribution in [3.8, 4) is 0 Å². The number of aryl methyl sites for hydroxylation is 1. The summed E-state index contributed by atoms with van der Waals surface area (Å²) >= 11 is 0. The summed E-state index contributed by atoms with van der Waals surface area (Å²) in [6.07, 6.45) is 1.39. The van der Waals surface area contributed by atoms with Crippen LogP contribution in [0.4, 0.5) is 10.5 Å². The van der Waals surface area contributed by atoms with Crippen molar-refractivity contribution in [2.24, 2.45) is 5.73 Å². The number of amides is 2. The van der Waals surface area contributed by atoms with Gasteiger partial charge in [-0.1, -0.05) is 12.1 Å². The van der Waals surface area contributed by atoms with Crippen LogP contribution in [0.1, 0.15) is 18.4 Å². The highest BCUT2D eigenvalue weighted by atomic mass is 16.4. The maximum atomic E-state index is 10.6. The molecule has 1 rings (SSSR count). The van der Waals surface area contributed by atoms with Crippen molar-refractivity contribution < 1.29 is 14.7 Å². The van der Waals surface area contributed by atoms with Crippen LogP contribution in [0.3, 0.4) is 0 Å². The van der Waals surface area contributed by atoms with Crippen LogP contribution in [-0.4, -0.2) is 17.1 Å². The molecule has 0 fully saturated rings. The lowest BCUT2D eigenvalue weighted by Crippen LogP contribution is -2.19. The number of benzene rings is 1. The van der Waals surface area contributed by atoms with Crippen LogP contribution in [-0.2, 0) is 11.2 Å². The van der Waals surface area contributed by atoms with Gasteiger partial charge in [0.15, 0.2) is 0 Å². The average molecular weight is 222 g/mol. The van der Waals surface area contributed by atoms with Crippen LogP contribution in [0.15, 0.2) is 24.3 Å². The molecule has 86 valence electrons. The summed E-state index contributed by atoms with van der Waals surface area (Å²) in [6.45, 7) is 0. The van der Waals surface area contributed by atoms with Gasteiger partial charge in [-0.2, -0.15) is 0 Å². The molecular weight excluding hydrogens is 208 g/mol. The van der Waals surface area contributed by atoms with Gasteiger partial charge in [0.1, 0.15) is 0 Å². The summed E-state index contributed by atoms with van der Waals surface area (Å²) in [5, 5.41) is 11.0. The third-order valence-electron chi connectivity index (χ3n) is 2.05. The lowest BCUT2D eigenvalue weighted by Gasteiger charge is -2.04. The van der Waals surface area contributed by atoms with Crippen LogP contribution in [0.5, 0.6) is 0 Å². The van der Waals surface area contributed by atoms with E-state index in [1.807, 2.05) is 6.07 Å². The minimum Gasteiger partial charge on any atom is -0.481 e. The highest BCUT2D eigenvalue weighted by Gasteiger charge is 2.00. The summed E-state index contributed by atoms with van der Waals surface area (Å²) in [4.78, 5) is 20.9. The van der Waals surface area contributed by atoms with Crippen molar-refractivity contribution in [1.29, 1.82) is 0 Å². The first kappa shape index (κ1) is 12.0. The van der Waals surface area contributed by atoms with Gasteiger partial charge in [0.25, 0.3) is 0 Å². The number of carbonyl (C=O) groups excluding carboxylic acids is 1. The fraction of sp³-hybridized carbons (Fsp3) is 0.273. The number of rotatable bonds is 5. The number of nitrogens with two attached hydrogens (primary N) is 1. The second kappa shape index (κ2) is 5.75. The van der Waals surface area contributed by atoms with E-state index in [-0.39, 0.29) is 6.42 Å². The summed E-state index contributed by atoms with van der Waals surface area (Å²) < 4.78 is 0. The molecule has 0 radical (unpaired) electrons. The van der Waals surface area contributed by atoms with Crippen molar-refractivity contribution in [3.05, 3.63) is 29.8 Å². The molecule has 5 heteroatoms. The minimum atomic E-state index is -0.800. The van der Waals surface area contributed by atoms with Gasteiger partial charge in [0.05, 0.1) is 0 Å². The smallest absolute Gasteiger partial charge is 0.316 e. The van der Waals surface area contributed by atoms with Gasteiger partial charge < -0.3 is 16.2 Å². The Balaban J connectivity index is 2.53. The van der Waals surface area contributed by atoms with E-state index in [1.165, 1.54) is 0 Å². The minimum absolute atomic E-state index is 0.146. The van der Waals surface area contributed by atoms with E-state index in [9.17, 15) is 9.59 Å². The molecule has 0 unspecified atom stereocenters. The van der Waals surface area contributed by atoms with Crippen LogP contribution in [0, 0.1) is 0 Å². The zero-order valence-electron chi connectivity index (χ0n) is 8.77. The monoisotopic (exact) mass is 222 g/mol. The molecular formula is C11H14N2O3. The molecule has 0 saturated heterocycles. The first-order valence-electron chi connectivity index (χ1n) is 4.95. The number of carboxylic acid groups (broad SMARTS) is 1. The summed E-state index contributed by atoms with van der Waals surface area (Å²) in [6, 6.07) is 6.58. The van der Waals surface area contributed by atoms with Gasteiger partial charge in [-0.15, -0.1) is 0 Å². The first-order chi connectivity index (χ1) is 7.58. The zero-order chi connectivity index (χ0) is 12.0. The van der Waals surface area contributed by atoms with Gasteiger partial charge in [-0.05, 0) is 30.5 Å². The lowest BCUT2D eigenvalue weighted by molar-refractivity contribution is -0.137. The number of aliphatic carboxylic acids is 1. The number of hydrogen-bond donors (Lipinski definition) is 3. The molecule has 0 aliphatic carbocycles. The number of nitrogens with one attached hydrogen (secondary N) is 1. The van der Waals surface area contributed by atoms with Crippen LogP contribution < -0.4 is 11.1 Å². The number of carboxylic acids is 1. The standard InChI is InChI=1S/C11H14N2O3/c12-11(16)13-9-5-1-3-8(7-9)4-2-6-10(14)15/h1,3,5,7H,2,4,6H2,(H,14,15)(H3,12,13,16). The fourth-order valence-electron chi connectivity index (χ4n) is 1.39. The highest BCUT2D eigenvalue weighted by Crippen LogP contribution is 2.12. The molecule has 0 heterocycles. The van der Waals surface area contributed by atoms with E-state index >= 15 is 0 Å². The van der Waals surface area contributed by atoms with E-state index in [4.69, 9.17) is 10.8 Å². The van der Waals surface area contributed by atoms with Crippen molar-refractivity contribution in [1.82, 2.24) is 0 Å². The number of carbonyl (C=O) groups is 2. The number of anilines is 1. The molecule has 5 nitrogen and oxygen atoms in total. The van der Waals surface area contributed by atoms with Gasteiger partial charge in [0, 0.05) is 12.1 Å². The zero-order valence-corrected chi connectivity index (χ0v) is 8.77. The van der Waals surface area contributed by atoms with E-state index < -0.39 is 12.0 Å². The Bertz CT molecular complexity index is 391. The Morgan fingerprint density at radius 2 is 2.12 bits per heavy atom. The number of urea groups is 1. The van der Waals surface area contributed by atoms with Crippen LogP contribution in [0.25, 0.3) is 0 Å². The second-order valence-electron chi connectivity index (χ2n) is 3.44. The highest BCUT2D eigenvalue weighted by molar-refractivity contribution is 5.87. The molecule has 0 saturated carbocycles. The quantitative estimate of drug-likeness (QED) is 0.706. The van der Waals surface area contributed by atoms with E-state index in [2.05, 4.69) is 5.32 Å². The number of primary amides is 1. The SMILES string of the molecule is NC(=O)Nc1cccc(CCCC(=O)O)c1. The van der Waals surface area contributed by atoms with Crippen molar-refractivity contribution in [3.63, 3.8) is 0 Å². The molecule has 1 aromatic carbocycles. The van der Waals surface area contributed by atoms with Crippen molar-refractivity contribution >= 4 is 17.7 Å². The van der Waals surface area contributed by atoms with Crippen LogP contribution in [0.2, 0.25) is 0 Å². The van der Waals surface area contributed by atoms with E-state index in [0.29, 0.717) is 18.5 Å². The Hall–Kier alpha value is -2.04. The third-order valence-corrected chi connectivity index (χ3v) is 2.05. The summed E-state index contributed by atoms with van der Waals surface area (Å²) in [5.74, 6) is -0.800. The van der Waals surface area contributed by atoms with Crippen molar-refractivity contribution in [2.75, 3.05) is 5.32 Å². The normalized spacial score (nSPS) is 9.75. The molecule has 0 spiro atoms. The molecule has 1 aromatic rings. The fourth-order valence-corrected chi connectivity index (χ4v) is 1.39. The molecule has 0 aliphatic heterocycles. The van der Waals surface area contributed by atoms with E-state index in [1.54, 1.807) is 18.2 Å². The molecule has 0 bridgehead atoms. The topological polar surface area (TPSA) is 92.4 Å². The molecule has 4 N–H and O–H groups in total. The van der Waals surface area contributed by atoms with Crippen molar-refractivity contribution in [2.45, 2.75) is 19.3 Å². The maximum Gasteiger partial charge on any atom is 0.316 e. The van der Waals surface area contributed by atoms with Crippen LogP contribution >= 0.6 is 0 Å². The average Bonchev–Trinajstić information content (AvgIpc) is 2.16. The predicted molar refractivity (Wildman–Crippen MR) is 60.2 cm³/mol.